The second-order valence-electron chi connectivity index (χ2n) is 11.3. The van der Waals surface area contributed by atoms with E-state index >= 15 is 0 Å². The lowest BCUT2D eigenvalue weighted by atomic mass is 9.66. The molecule has 2 aromatic carbocycles. The number of amides is 2. The number of carbonyl (C=O) groups excluding carboxylic acids is 1. The van der Waals surface area contributed by atoms with Crippen molar-refractivity contribution >= 4 is 16.9 Å². The van der Waals surface area contributed by atoms with Gasteiger partial charge in [0.2, 0.25) is 0 Å². The molecule has 2 atom stereocenters. The Morgan fingerprint density at radius 2 is 1.82 bits per heavy atom. The summed E-state index contributed by atoms with van der Waals surface area (Å²) in [4.78, 5) is 35.1. The Morgan fingerprint density at radius 1 is 1.08 bits per heavy atom. The van der Waals surface area contributed by atoms with Crippen molar-refractivity contribution in [3.8, 4) is 0 Å². The van der Waals surface area contributed by atoms with Gasteiger partial charge in [0.15, 0.2) is 11.6 Å². The second kappa shape index (κ2) is 9.98. The minimum Gasteiger partial charge on any atom is -0.387 e. The van der Waals surface area contributed by atoms with Crippen molar-refractivity contribution in [2.24, 2.45) is 5.41 Å². The number of nitrogens with one attached hydrogen (secondary N) is 1. The van der Waals surface area contributed by atoms with E-state index in [1.54, 1.807) is 0 Å². The Bertz CT molecular complexity index is 1440. The molecule has 1 aliphatic carbocycles. The molecule has 3 heterocycles. The lowest BCUT2D eigenvalue weighted by Gasteiger charge is -2.53. The third-order valence-electron chi connectivity index (χ3n) is 9.08. The van der Waals surface area contributed by atoms with Gasteiger partial charge in [0.1, 0.15) is 0 Å². The summed E-state index contributed by atoms with van der Waals surface area (Å²) >= 11 is 0. The van der Waals surface area contributed by atoms with Gasteiger partial charge in [-0.15, -0.1) is 0 Å². The first kappa shape index (κ1) is 25.9. The summed E-state index contributed by atoms with van der Waals surface area (Å²) in [6.45, 7) is 2.75. The first-order valence-corrected chi connectivity index (χ1v) is 13.7. The highest BCUT2D eigenvalue weighted by atomic mass is 19.2. The highest BCUT2D eigenvalue weighted by Crippen LogP contribution is 2.51. The van der Waals surface area contributed by atoms with E-state index in [0.717, 1.165) is 49.9 Å². The molecule has 39 heavy (non-hydrogen) atoms. The molecule has 10 heteroatoms. The predicted molar refractivity (Wildman–Crippen MR) is 142 cm³/mol. The van der Waals surface area contributed by atoms with Gasteiger partial charge in [0, 0.05) is 44.2 Å². The average molecular weight is 538 g/mol. The molecule has 8 nitrogen and oxygen atoms in total. The number of nitrogens with zero attached hydrogens (tertiary/aromatic N) is 4. The zero-order chi connectivity index (χ0) is 27.2. The number of halogens is 2. The highest BCUT2D eigenvalue weighted by molar-refractivity contribution is 5.77. The van der Waals surface area contributed by atoms with Crippen LogP contribution < -0.4 is 10.9 Å². The number of aromatic nitrogens is 2. The molecule has 1 spiro atoms. The zero-order valence-corrected chi connectivity index (χ0v) is 21.8. The standard InChI is InChI=1S/C29H33F2N5O3/c30-22-14-21-24(15-23(22)31)33-19-35(26(21)37)18-29(39)10-12-34(17-28(29)8-4-5-9-28)27(38)36-13-11-32-16-25(36)20-6-2-1-3-7-20/h1-3,6-7,14-15,19,25,32,39H,4-5,8-13,16-18H2/t25-,29?/m0/s1. The SMILES string of the molecule is O=C(N1CCC(O)(Cn2cnc3cc(F)c(F)cc3c2=O)C2(CCCC2)C1)N1CCNC[C@H]1c1ccccc1. The zero-order valence-electron chi connectivity index (χ0n) is 21.8. The molecular weight excluding hydrogens is 504 g/mol. The molecule has 3 aliphatic rings. The van der Waals surface area contributed by atoms with Crippen molar-refractivity contribution in [2.75, 3.05) is 32.7 Å². The van der Waals surface area contributed by atoms with Gasteiger partial charge in [-0.25, -0.2) is 18.6 Å². The number of aliphatic hydroxyl groups is 1. The topological polar surface area (TPSA) is 90.7 Å². The maximum atomic E-state index is 13.9. The smallest absolute Gasteiger partial charge is 0.320 e. The van der Waals surface area contributed by atoms with Crippen molar-refractivity contribution in [1.82, 2.24) is 24.7 Å². The van der Waals surface area contributed by atoms with Crippen LogP contribution in [0.5, 0.6) is 0 Å². The fourth-order valence-corrected chi connectivity index (χ4v) is 6.90. The number of urea groups is 1. The Kier molecular flexibility index (Phi) is 6.63. The van der Waals surface area contributed by atoms with Crippen molar-refractivity contribution in [3.63, 3.8) is 0 Å². The minimum atomic E-state index is -1.25. The van der Waals surface area contributed by atoms with Gasteiger partial charge < -0.3 is 20.2 Å². The van der Waals surface area contributed by atoms with Crippen LogP contribution in [0.4, 0.5) is 13.6 Å². The Morgan fingerprint density at radius 3 is 2.59 bits per heavy atom. The van der Waals surface area contributed by atoms with Crippen molar-refractivity contribution < 1.29 is 18.7 Å². The van der Waals surface area contributed by atoms with E-state index in [-0.39, 0.29) is 29.5 Å². The van der Waals surface area contributed by atoms with E-state index in [1.807, 2.05) is 40.1 Å². The van der Waals surface area contributed by atoms with Crippen molar-refractivity contribution in [3.05, 3.63) is 76.3 Å². The third-order valence-corrected chi connectivity index (χ3v) is 9.08. The Hall–Kier alpha value is -3.37. The number of carbonyl (C=O) groups is 1. The van der Waals surface area contributed by atoms with Crippen LogP contribution >= 0.6 is 0 Å². The van der Waals surface area contributed by atoms with E-state index in [9.17, 15) is 23.5 Å². The normalized spacial score (nSPS) is 24.9. The van der Waals surface area contributed by atoms with Crippen molar-refractivity contribution in [2.45, 2.75) is 50.3 Å². The van der Waals surface area contributed by atoms with Crippen LogP contribution in [-0.4, -0.2) is 68.8 Å². The van der Waals surface area contributed by atoms with Gasteiger partial charge in [0.25, 0.3) is 5.56 Å². The number of likely N-dealkylation sites (tertiary alicyclic amines) is 1. The van der Waals surface area contributed by atoms with Crippen molar-refractivity contribution in [1.29, 1.82) is 0 Å². The fraction of sp³-hybridized carbons (Fsp3) is 0.483. The summed E-state index contributed by atoms with van der Waals surface area (Å²) in [6, 6.07) is 11.7. The summed E-state index contributed by atoms with van der Waals surface area (Å²) in [6.07, 6.45) is 4.95. The lowest BCUT2D eigenvalue weighted by Crippen LogP contribution is -2.64. The van der Waals surface area contributed by atoms with Gasteiger partial charge in [-0.3, -0.25) is 9.36 Å². The molecule has 1 saturated carbocycles. The lowest BCUT2D eigenvalue weighted by molar-refractivity contribution is -0.136. The van der Waals surface area contributed by atoms with Gasteiger partial charge in [-0.1, -0.05) is 43.2 Å². The molecule has 1 unspecified atom stereocenters. The average Bonchev–Trinajstić information content (AvgIpc) is 3.43. The van der Waals surface area contributed by atoms with E-state index < -0.39 is 28.2 Å². The van der Waals surface area contributed by atoms with Gasteiger partial charge in [-0.2, -0.15) is 0 Å². The number of rotatable bonds is 3. The van der Waals surface area contributed by atoms with E-state index in [2.05, 4.69) is 10.3 Å². The molecule has 1 aromatic heterocycles. The maximum absolute atomic E-state index is 13.9. The summed E-state index contributed by atoms with van der Waals surface area (Å²) in [7, 11) is 0. The highest BCUT2D eigenvalue weighted by Gasteiger charge is 2.56. The Labute approximate surface area is 225 Å². The summed E-state index contributed by atoms with van der Waals surface area (Å²) in [5, 5.41) is 15.5. The number of piperazine rings is 1. The molecule has 0 bridgehead atoms. The Balaban J connectivity index is 1.27. The van der Waals surface area contributed by atoms with Crippen LogP contribution in [0.3, 0.4) is 0 Å². The summed E-state index contributed by atoms with van der Waals surface area (Å²) in [5.74, 6) is -2.18. The number of hydrogen-bond donors (Lipinski definition) is 2. The molecule has 2 N–H and O–H groups in total. The van der Waals surface area contributed by atoms with E-state index in [0.29, 0.717) is 32.6 Å². The molecule has 206 valence electrons. The van der Waals surface area contributed by atoms with Crippen LogP contribution in [0.25, 0.3) is 10.9 Å². The number of hydrogen-bond acceptors (Lipinski definition) is 5. The largest absolute Gasteiger partial charge is 0.387 e. The molecular formula is C29H33F2N5O3. The predicted octanol–water partition coefficient (Wildman–Crippen LogP) is 3.44. The van der Waals surface area contributed by atoms with Gasteiger partial charge >= 0.3 is 6.03 Å². The fourth-order valence-electron chi connectivity index (χ4n) is 6.90. The van der Waals surface area contributed by atoms with E-state index in [4.69, 9.17) is 0 Å². The molecule has 2 saturated heterocycles. The van der Waals surface area contributed by atoms with Crippen LogP contribution in [0, 0.1) is 17.0 Å². The molecule has 2 aliphatic heterocycles. The third kappa shape index (κ3) is 4.49. The van der Waals surface area contributed by atoms with Gasteiger partial charge in [-0.05, 0) is 30.9 Å². The number of fused-ring (bicyclic) bond motifs is 1. The van der Waals surface area contributed by atoms with E-state index in [1.165, 1.54) is 10.9 Å². The molecule has 3 aromatic rings. The molecule has 6 rings (SSSR count). The number of benzene rings is 2. The first-order valence-electron chi connectivity index (χ1n) is 13.7. The van der Waals surface area contributed by atoms with Gasteiger partial charge in [0.05, 0.1) is 35.4 Å². The number of piperidine rings is 1. The quantitative estimate of drug-likeness (QED) is 0.534. The molecule has 2 amide bonds. The molecule has 0 radical (unpaired) electrons. The van der Waals surface area contributed by atoms with Crippen LogP contribution in [-0.2, 0) is 6.54 Å². The van der Waals surface area contributed by atoms with Crippen LogP contribution in [0.15, 0.2) is 53.6 Å². The minimum absolute atomic E-state index is 0.0178. The first-order chi connectivity index (χ1) is 18.8. The monoisotopic (exact) mass is 537 g/mol. The van der Waals surface area contributed by atoms with Crippen LogP contribution in [0.2, 0.25) is 0 Å². The summed E-state index contributed by atoms with van der Waals surface area (Å²) < 4.78 is 28.9. The summed E-state index contributed by atoms with van der Waals surface area (Å²) in [5.41, 5.74) is -1.19. The second-order valence-corrected chi connectivity index (χ2v) is 11.3. The van der Waals surface area contributed by atoms with Crippen LogP contribution in [0.1, 0.15) is 43.7 Å². The molecule has 3 fully saturated rings. The maximum Gasteiger partial charge on any atom is 0.320 e.